The molecule has 1 aromatic heterocycles. The van der Waals surface area contributed by atoms with E-state index in [1.807, 2.05) is 14.0 Å². The normalized spacial score (nSPS) is 13.5. The standard InChI is InChI=1S/C13H22BrN3O/c1-8(18-6)7-9-16-11(13(2,3)4)10(14)12(15-5)17-9/h8H,7H2,1-6H3,(H,15,16,17). The van der Waals surface area contributed by atoms with Crippen LogP contribution in [0, 0.1) is 0 Å². The molecule has 0 aliphatic carbocycles. The number of nitrogens with zero attached hydrogens (tertiary/aromatic N) is 2. The van der Waals surface area contributed by atoms with Crippen molar-refractivity contribution < 1.29 is 4.74 Å². The summed E-state index contributed by atoms with van der Waals surface area (Å²) in [6.07, 6.45) is 0.824. The zero-order valence-electron chi connectivity index (χ0n) is 12.0. The summed E-state index contributed by atoms with van der Waals surface area (Å²) in [4.78, 5) is 9.17. The summed E-state index contributed by atoms with van der Waals surface area (Å²) in [5.74, 6) is 1.63. The Hall–Kier alpha value is -0.680. The third-order valence-electron chi connectivity index (χ3n) is 2.72. The molecule has 5 heteroatoms. The van der Waals surface area contributed by atoms with Crippen LogP contribution in [0.15, 0.2) is 4.47 Å². The van der Waals surface area contributed by atoms with Crippen molar-refractivity contribution in [2.24, 2.45) is 0 Å². The summed E-state index contributed by atoms with van der Waals surface area (Å²) >= 11 is 3.58. The summed E-state index contributed by atoms with van der Waals surface area (Å²) in [6.45, 7) is 8.44. The molecule has 0 spiro atoms. The molecule has 1 N–H and O–H groups in total. The predicted molar refractivity (Wildman–Crippen MR) is 78.2 cm³/mol. The highest BCUT2D eigenvalue weighted by Gasteiger charge is 2.23. The monoisotopic (exact) mass is 315 g/mol. The summed E-state index contributed by atoms with van der Waals surface area (Å²) in [5, 5.41) is 3.10. The van der Waals surface area contributed by atoms with Crippen molar-refractivity contribution in [3.63, 3.8) is 0 Å². The Morgan fingerprint density at radius 1 is 1.33 bits per heavy atom. The molecule has 0 aliphatic rings. The van der Waals surface area contributed by atoms with E-state index in [0.717, 1.165) is 21.8 Å². The molecule has 18 heavy (non-hydrogen) atoms. The average Bonchev–Trinajstić information content (AvgIpc) is 2.29. The van der Waals surface area contributed by atoms with Gasteiger partial charge in [0, 0.05) is 26.0 Å². The molecule has 0 radical (unpaired) electrons. The second kappa shape index (κ2) is 5.97. The van der Waals surface area contributed by atoms with Gasteiger partial charge in [-0.2, -0.15) is 0 Å². The van der Waals surface area contributed by atoms with Crippen LogP contribution in [0.4, 0.5) is 5.82 Å². The van der Waals surface area contributed by atoms with Crippen LogP contribution in [0.25, 0.3) is 0 Å². The van der Waals surface area contributed by atoms with Crippen molar-refractivity contribution in [3.05, 3.63) is 16.0 Å². The van der Waals surface area contributed by atoms with Gasteiger partial charge in [-0.05, 0) is 22.9 Å². The first-order chi connectivity index (χ1) is 8.29. The van der Waals surface area contributed by atoms with E-state index in [0.29, 0.717) is 6.42 Å². The lowest BCUT2D eigenvalue weighted by molar-refractivity contribution is 0.117. The van der Waals surface area contributed by atoms with E-state index in [1.165, 1.54) is 0 Å². The van der Waals surface area contributed by atoms with Crippen molar-refractivity contribution in [2.45, 2.75) is 45.6 Å². The van der Waals surface area contributed by atoms with Crippen LogP contribution in [-0.2, 0) is 16.6 Å². The Morgan fingerprint density at radius 3 is 2.39 bits per heavy atom. The zero-order valence-corrected chi connectivity index (χ0v) is 13.6. The Labute approximate surface area is 118 Å². The number of anilines is 1. The lowest BCUT2D eigenvalue weighted by Gasteiger charge is -2.22. The molecule has 102 valence electrons. The number of nitrogens with one attached hydrogen (secondary N) is 1. The summed E-state index contributed by atoms with van der Waals surface area (Å²) in [6, 6.07) is 0. The van der Waals surface area contributed by atoms with E-state index >= 15 is 0 Å². The minimum atomic E-state index is -0.0293. The highest BCUT2D eigenvalue weighted by molar-refractivity contribution is 9.10. The second-order valence-electron chi connectivity index (χ2n) is 5.40. The molecular weight excluding hydrogens is 294 g/mol. The first-order valence-corrected chi connectivity index (χ1v) is 6.86. The second-order valence-corrected chi connectivity index (χ2v) is 6.19. The zero-order chi connectivity index (χ0) is 13.9. The fourth-order valence-electron chi connectivity index (χ4n) is 1.59. The first-order valence-electron chi connectivity index (χ1n) is 6.07. The molecule has 1 aromatic rings. The topological polar surface area (TPSA) is 47.0 Å². The molecule has 0 amide bonds. The van der Waals surface area contributed by atoms with Gasteiger partial charge in [0.05, 0.1) is 16.3 Å². The Balaban J connectivity index is 3.22. The number of hydrogen-bond donors (Lipinski definition) is 1. The fourth-order valence-corrected chi connectivity index (χ4v) is 2.56. The minimum Gasteiger partial charge on any atom is -0.381 e. The molecule has 0 aliphatic heterocycles. The molecule has 1 heterocycles. The van der Waals surface area contributed by atoms with Crippen LogP contribution in [-0.4, -0.2) is 30.2 Å². The largest absolute Gasteiger partial charge is 0.381 e. The van der Waals surface area contributed by atoms with Crippen LogP contribution in [0.1, 0.15) is 39.2 Å². The quantitative estimate of drug-likeness (QED) is 0.927. The van der Waals surface area contributed by atoms with Crippen LogP contribution >= 0.6 is 15.9 Å². The van der Waals surface area contributed by atoms with Gasteiger partial charge >= 0.3 is 0 Å². The number of hydrogen-bond acceptors (Lipinski definition) is 4. The maximum Gasteiger partial charge on any atom is 0.144 e. The SMILES string of the molecule is CNc1nc(CC(C)OC)nc(C(C)(C)C)c1Br. The van der Waals surface area contributed by atoms with E-state index in [1.54, 1.807) is 7.11 Å². The molecule has 1 rings (SSSR count). The molecule has 0 saturated heterocycles. The molecule has 1 unspecified atom stereocenters. The molecular formula is C13H22BrN3O. The van der Waals surface area contributed by atoms with Gasteiger partial charge in [-0.3, -0.25) is 0 Å². The molecule has 0 bridgehead atoms. The third kappa shape index (κ3) is 3.65. The fraction of sp³-hybridized carbons (Fsp3) is 0.692. The smallest absolute Gasteiger partial charge is 0.144 e. The lowest BCUT2D eigenvalue weighted by Crippen LogP contribution is -2.20. The maximum atomic E-state index is 5.27. The van der Waals surface area contributed by atoms with Crippen molar-refractivity contribution in [3.8, 4) is 0 Å². The number of rotatable bonds is 4. The Kier molecular flexibility index (Phi) is 5.10. The van der Waals surface area contributed by atoms with Gasteiger partial charge in [0.2, 0.25) is 0 Å². The first kappa shape index (κ1) is 15.4. The van der Waals surface area contributed by atoms with Crippen molar-refractivity contribution in [1.82, 2.24) is 9.97 Å². The van der Waals surface area contributed by atoms with Gasteiger partial charge in [0.25, 0.3) is 0 Å². The van der Waals surface area contributed by atoms with Crippen LogP contribution in [0.3, 0.4) is 0 Å². The number of methoxy groups -OCH3 is 1. The lowest BCUT2D eigenvalue weighted by atomic mass is 9.91. The number of halogens is 1. The molecule has 4 nitrogen and oxygen atoms in total. The van der Waals surface area contributed by atoms with Crippen molar-refractivity contribution in [1.29, 1.82) is 0 Å². The minimum absolute atomic E-state index is 0.0293. The van der Waals surface area contributed by atoms with Gasteiger partial charge in [-0.1, -0.05) is 20.8 Å². The van der Waals surface area contributed by atoms with Crippen LogP contribution in [0.5, 0.6) is 0 Å². The summed E-state index contributed by atoms with van der Waals surface area (Å²) in [5.41, 5.74) is 0.985. The van der Waals surface area contributed by atoms with Gasteiger partial charge < -0.3 is 10.1 Å². The number of aromatic nitrogens is 2. The average molecular weight is 316 g/mol. The summed E-state index contributed by atoms with van der Waals surface area (Å²) < 4.78 is 6.21. The molecule has 1 atom stereocenters. The van der Waals surface area contributed by atoms with Crippen molar-refractivity contribution >= 4 is 21.7 Å². The molecule has 0 aromatic carbocycles. The molecule has 0 fully saturated rings. The van der Waals surface area contributed by atoms with Gasteiger partial charge in [0.1, 0.15) is 11.6 Å². The van der Waals surface area contributed by atoms with Crippen LogP contribution in [0.2, 0.25) is 0 Å². The van der Waals surface area contributed by atoms with E-state index in [4.69, 9.17) is 4.74 Å². The van der Waals surface area contributed by atoms with Gasteiger partial charge in [-0.25, -0.2) is 9.97 Å². The predicted octanol–water partition coefficient (Wildman–Crippen LogP) is 3.16. The van der Waals surface area contributed by atoms with E-state index in [9.17, 15) is 0 Å². The van der Waals surface area contributed by atoms with Crippen molar-refractivity contribution in [2.75, 3.05) is 19.5 Å². The van der Waals surface area contributed by atoms with E-state index in [-0.39, 0.29) is 11.5 Å². The number of ether oxygens (including phenoxy) is 1. The maximum absolute atomic E-state index is 5.27. The van der Waals surface area contributed by atoms with E-state index in [2.05, 4.69) is 52.0 Å². The third-order valence-corrected chi connectivity index (χ3v) is 3.47. The Morgan fingerprint density at radius 2 is 1.94 bits per heavy atom. The van der Waals surface area contributed by atoms with Gasteiger partial charge in [0.15, 0.2) is 0 Å². The summed E-state index contributed by atoms with van der Waals surface area (Å²) in [7, 11) is 3.57. The molecule has 0 saturated carbocycles. The Bertz CT molecular complexity index is 415. The highest BCUT2D eigenvalue weighted by Crippen LogP contribution is 2.32. The highest BCUT2D eigenvalue weighted by atomic mass is 79.9. The van der Waals surface area contributed by atoms with Crippen LogP contribution < -0.4 is 5.32 Å². The van der Waals surface area contributed by atoms with E-state index < -0.39 is 0 Å². The van der Waals surface area contributed by atoms with Gasteiger partial charge in [-0.15, -0.1) is 0 Å².